The molecule has 0 aliphatic rings. The van der Waals surface area contributed by atoms with Crippen LogP contribution in [0.5, 0.6) is 0 Å². The third kappa shape index (κ3) is 2.10. The zero-order chi connectivity index (χ0) is 11.4. The van der Waals surface area contributed by atoms with Crippen molar-refractivity contribution in [2.45, 2.75) is 13.3 Å². The van der Waals surface area contributed by atoms with Crippen molar-refractivity contribution >= 4 is 22.8 Å². The Bertz CT molecular complexity index is 493. The number of nitrogens with one attached hydrogen (secondary N) is 3. The van der Waals surface area contributed by atoms with Crippen molar-refractivity contribution in [3.8, 4) is 0 Å². The van der Waals surface area contributed by atoms with Gasteiger partial charge in [0.05, 0.1) is 5.69 Å². The molecule has 84 valence electrons. The SMILES string of the molecule is CCCNC(=O)Nc1cccc2n[nH]nc12. The summed E-state index contributed by atoms with van der Waals surface area (Å²) in [6, 6.07) is 5.21. The summed E-state index contributed by atoms with van der Waals surface area (Å²) < 4.78 is 0. The topological polar surface area (TPSA) is 82.7 Å². The molecule has 0 saturated carbocycles. The van der Waals surface area contributed by atoms with Crippen molar-refractivity contribution in [3.63, 3.8) is 0 Å². The lowest BCUT2D eigenvalue weighted by molar-refractivity contribution is 0.252. The molecule has 0 aliphatic heterocycles. The first-order valence-electron chi connectivity index (χ1n) is 5.15. The van der Waals surface area contributed by atoms with Crippen LogP contribution < -0.4 is 10.6 Å². The minimum atomic E-state index is -0.225. The van der Waals surface area contributed by atoms with Crippen LogP contribution >= 0.6 is 0 Å². The fourth-order valence-electron chi connectivity index (χ4n) is 1.37. The van der Waals surface area contributed by atoms with E-state index >= 15 is 0 Å². The van der Waals surface area contributed by atoms with E-state index in [1.807, 2.05) is 19.1 Å². The number of amides is 2. The molecule has 2 amide bonds. The molecule has 2 rings (SSSR count). The normalized spacial score (nSPS) is 10.3. The highest BCUT2D eigenvalue weighted by Crippen LogP contribution is 2.18. The molecule has 1 heterocycles. The number of fused-ring (bicyclic) bond motifs is 1. The highest BCUT2D eigenvalue weighted by atomic mass is 16.2. The third-order valence-corrected chi connectivity index (χ3v) is 2.13. The maximum Gasteiger partial charge on any atom is 0.319 e. The molecule has 3 N–H and O–H groups in total. The summed E-state index contributed by atoms with van der Waals surface area (Å²) in [5, 5.41) is 15.9. The zero-order valence-electron chi connectivity index (χ0n) is 8.95. The van der Waals surface area contributed by atoms with Crippen LogP contribution in [0.2, 0.25) is 0 Å². The second-order valence-corrected chi connectivity index (χ2v) is 3.38. The number of anilines is 1. The molecular formula is C10H13N5O. The molecule has 0 saturated heterocycles. The number of hydrogen-bond acceptors (Lipinski definition) is 3. The van der Waals surface area contributed by atoms with Crippen LogP contribution in [-0.4, -0.2) is 28.0 Å². The van der Waals surface area contributed by atoms with Gasteiger partial charge >= 0.3 is 6.03 Å². The maximum atomic E-state index is 11.5. The van der Waals surface area contributed by atoms with E-state index in [-0.39, 0.29) is 6.03 Å². The predicted molar refractivity (Wildman–Crippen MR) is 61.2 cm³/mol. The van der Waals surface area contributed by atoms with Crippen LogP contribution in [0.1, 0.15) is 13.3 Å². The fourth-order valence-corrected chi connectivity index (χ4v) is 1.37. The summed E-state index contributed by atoms with van der Waals surface area (Å²) in [7, 11) is 0. The van der Waals surface area contributed by atoms with Crippen molar-refractivity contribution in [2.75, 3.05) is 11.9 Å². The van der Waals surface area contributed by atoms with Crippen LogP contribution in [0, 0.1) is 0 Å². The van der Waals surface area contributed by atoms with Gasteiger partial charge in [0.2, 0.25) is 0 Å². The number of aromatic amines is 1. The molecule has 0 fully saturated rings. The quantitative estimate of drug-likeness (QED) is 0.731. The Labute approximate surface area is 92.4 Å². The lowest BCUT2D eigenvalue weighted by Gasteiger charge is -2.06. The Morgan fingerprint density at radius 1 is 1.44 bits per heavy atom. The number of H-pyrrole nitrogens is 1. The molecule has 1 aromatic heterocycles. The monoisotopic (exact) mass is 219 g/mol. The Hall–Kier alpha value is -2.11. The van der Waals surface area contributed by atoms with E-state index in [2.05, 4.69) is 26.0 Å². The van der Waals surface area contributed by atoms with Crippen LogP contribution in [0.25, 0.3) is 11.0 Å². The molecule has 0 aliphatic carbocycles. The molecule has 0 atom stereocenters. The summed E-state index contributed by atoms with van der Waals surface area (Å²) in [6.45, 7) is 2.65. The number of hydrogen-bond donors (Lipinski definition) is 3. The molecule has 0 radical (unpaired) electrons. The van der Waals surface area contributed by atoms with Gasteiger partial charge in [-0.25, -0.2) is 4.79 Å². The number of para-hydroxylation sites is 1. The van der Waals surface area contributed by atoms with Gasteiger partial charge in [0.25, 0.3) is 0 Å². The Kier molecular flexibility index (Phi) is 3.00. The van der Waals surface area contributed by atoms with Crippen molar-refractivity contribution in [3.05, 3.63) is 18.2 Å². The number of nitrogens with zero attached hydrogens (tertiary/aromatic N) is 2. The fraction of sp³-hybridized carbons (Fsp3) is 0.300. The lowest BCUT2D eigenvalue weighted by atomic mass is 10.2. The van der Waals surface area contributed by atoms with Gasteiger partial charge in [-0.3, -0.25) is 0 Å². The average molecular weight is 219 g/mol. The van der Waals surface area contributed by atoms with E-state index in [4.69, 9.17) is 0 Å². The summed E-state index contributed by atoms with van der Waals surface area (Å²) in [4.78, 5) is 11.5. The summed E-state index contributed by atoms with van der Waals surface area (Å²) in [5.74, 6) is 0. The second kappa shape index (κ2) is 4.61. The molecule has 6 nitrogen and oxygen atoms in total. The number of carbonyl (C=O) groups excluding carboxylic acids is 1. The first-order valence-corrected chi connectivity index (χ1v) is 5.15. The minimum absolute atomic E-state index is 0.225. The molecular weight excluding hydrogens is 206 g/mol. The largest absolute Gasteiger partial charge is 0.338 e. The number of benzene rings is 1. The second-order valence-electron chi connectivity index (χ2n) is 3.38. The maximum absolute atomic E-state index is 11.5. The first-order chi connectivity index (χ1) is 7.81. The average Bonchev–Trinajstić information content (AvgIpc) is 2.75. The van der Waals surface area contributed by atoms with Crippen LogP contribution in [0.15, 0.2) is 18.2 Å². The van der Waals surface area contributed by atoms with Gasteiger partial charge in [0.1, 0.15) is 11.0 Å². The summed E-state index contributed by atoms with van der Waals surface area (Å²) in [6.07, 6.45) is 0.904. The van der Waals surface area contributed by atoms with Gasteiger partial charge in [0, 0.05) is 6.54 Å². The van der Waals surface area contributed by atoms with E-state index in [1.165, 1.54) is 0 Å². The van der Waals surface area contributed by atoms with Crippen molar-refractivity contribution in [1.29, 1.82) is 0 Å². The smallest absolute Gasteiger partial charge is 0.319 e. The van der Waals surface area contributed by atoms with Crippen LogP contribution in [0.4, 0.5) is 10.5 Å². The summed E-state index contributed by atoms with van der Waals surface area (Å²) >= 11 is 0. The molecule has 0 spiro atoms. The standard InChI is InChI=1S/C10H13N5O/c1-2-6-11-10(16)12-7-4-3-5-8-9(7)14-15-13-8/h3-5H,2,6H2,1H3,(H2,11,12,16)(H,13,14,15). The molecule has 6 heteroatoms. The molecule has 0 bridgehead atoms. The number of urea groups is 1. The lowest BCUT2D eigenvalue weighted by Crippen LogP contribution is -2.29. The molecule has 16 heavy (non-hydrogen) atoms. The van der Waals surface area contributed by atoms with Gasteiger partial charge < -0.3 is 10.6 Å². The zero-order valence-corrected chi connectivity index (χ0v) is 8.95. The van der Waals surface area contributed by atoms with Crippen molar-refractivity contribution < 1.29 is 4.79 Å². The van der Waals surface area contributed by atoms with Gasteiger partial charge in [-0.2, -0.15) is 15.4 Å². The number of rotatable bonds is 3. The van der Waals surface area contributed by atoms with Gasteiger partial charge in [-0.1, -0.05) is 13.0 Å². The Balaban J connectivity index is 2.14. The van der Waals surface area contributed by atoms with Crippen molar-refractivity contribution in [1.82, 2.24) is 20.7 Å². The summed E-state index contributed by atoms with van der Waals surface area (Å²) in [5.41, 5.74) is 2.04. The number of aromatic nitrogens is 3. The van der Waals surface area contributed by atoms with E-state index < -0.39 is 0 Å². The highest BCUT2D eigenvalue weighted by molar-refractivity contribution is 5.98. The number of carbonyl (C=O) groups is 1. The van der Waals surface area contributed by atoms with Crippen molar-refractivity contribution in [2.24, 2.45) is 0 Å². The van der Waals surface area contributed by atoms with Gasteiger partial charge in [-0.15, -0.1) is 0 Å². The van der Waals surface area contributed by atoms with Crippen LogP contribution in [0.3, 0.4) is 0 Å². The molecule has 1 aromatic carbocycles. The van der Waals surface area contributed by atoms with Crippen LogP contribution in [-0.2, 0) is 0 Å². The van der Waals surface area contributed by atoms with E-state index in [0.29, 0.717) is 17.7 Å². The van der Waals surface area contributed by atoms with E-state index in [0.717, 1.165) is 11.9 Å². The highest BCUT2D eigenvalue weighted by Gasteiger charge is 2.06. The Morgan fingerprint density at radius 2 is 2.31 bits per heavy atom. The molecule has 0 unspecified atom stereocenters. The van der Waals surface area contributed by atoms with Gasteiger partial charge in [-0.05, 0) is 18.6 Å². The van der Waals surface area contributed by atoms with Gasteiger partial charge in [0.15, 0.2) is 0 Å². The van der Waals surface area contributed by atoms with E-state index in [9.17, 15) is 4.79 Å². The Morgan fingerprint density at radius 3 is 3.12 bits per heavy atom. The van der Waals surface area contributed by atoms with E-state index in [1.54, 1.807) is 6.07 Å². The predicted octanol–water partition coefficient (Wildman–Crippen LogP) is 1.49. The third-order valence-electron chi connectivity index (χ3n) is 2.13. The first kappa shape index (κ1) is 10.4. The molecule has 2 aromatic rings. The minimum Gasteiger partial charge on any atom is -0.338 e.